The van der Waals surface area contributed by atoms with Gasteiger partial charge in [0.15, 0.2) is 0 Å². The molecule has 3 heteroatoms. The molecule has 19 heavy (non-hydrogen) atoms. The first-order valence-corrected chi connectivity index (χ1v) is 8.35. The third-order valence-electron chi connectivity index (χ3n) is 4.72. The molecule has 0 spiro atoms. The number of likely N-dealkylation sites (tertiary alicyclic amines) is 2. The first kappa shape index (κ1) is 15.3. The van der Waals surface area contributed by atoms with E-state index in [0.29, 0.717) is 6.04 Å². The molecule has 2 aliphatic heterocycles. The number of hydrogen-bond acceptors (Lipinski definition) is 3. The molecular weight excluding hydrogens is 234 g/mol. The lowest BCUT2D eigenvalue weighted by atomic mass is 10.1. The van der Waals surface area contributed by atoms with Crippen molar-refractivity contribution in [2.24, 2.45) is 5.92 Å². The Hall–Kier alpha value is -0.120. The summed E-state index contributed by atoms with van der Waals surface area (Å²) in [6.07, 6.45) is 5.64. The molecule has 2 fully saturated rings. The molecule has 0 aromatic heterocycles. The van der Waals surface area contributed by atoms with Crippen LogP contribution in [0.25, 0.3) is 0 Å². The lowest BCUT2D eigenvalue weighted by molar-refractivity contribution is 0.137. The maximum atomic E-state index is 3.59. The molecular formula is C16H33N3. The molecule has 0 bridgehead atoms. The normalized spacial score (nSPS) is 28.1. The zero-order valence-electron chi connectivity index (χ0n) is 13.2. The van der Waals surface area contributed by atoms with E-state index < -0.39 is 0 Å². The molecule has 2 heterocycles. The van der Waals surface area contributed by atoms with Gasteiger partial charge in [-0.25, -0.2) is 0 Å². The van der Waals surface area contributed by atoms with Crippen LogP contribution in [0.5, 0.6) is 0 Å². The Labute approximate surface area is 119 Å². The summed E-state index contributed by atoms with van der Waals surface area (Å²) in [5.74, 6) is 0.871. The van der Waals surface area contributed by atoms with Crippen molar-refractivity contribution in [2.45, 2.75) is 58.5 Å². The van der Waals surface area contributed by atoms with E-state index in [1.54, 1.807) is 0 Å². The molecule has 2 rings (SSSR count). The Balaban J connectivity index is 1.66. The predicted molar refractivity (Wildman–Crippen MR) is 82.6 cm³/mol. The lowest BCUT2D eigenvalue weighted by Gasteiger charge is -2.34. The van der Waals surface area contributed by atoms with Crippen LogP contribution in [0.1, 0.15) is 46.5 Å². The zero-order chi connectivity index (χ0) is 13.7. The van der Waals surface area contributed by atoms with Gasteiger partial charge in [-0.05, 0) is 58.3 Å². The van der Waals surface area contributed by atoms with Crippen LogP contribution in [-0.4, -0.2) is 61.2 Å². The van der Waals surface area contributed by atoms with Crippen LogP contribution in [0.15, 0.2) is 0 Å². The van der Waals surface area contributed by atoms with E-state index in [-0.39, 0.29) is 0 Å². The fourth-order valence-electron chi connectivity index (χ4n) is 3.50. The summed E-state index contributed by atoms with van der Waals surface area (Å²) in [6, 6.07) is 1.37. The van der Waals surface area contributed by atoms with E-state index in [9.17, 15) is 0 Å². The van der Waals surface area contributed by atoms with Crippen LogP contribution in [-0.2, 0) is 0 Å². The highest BCUT2D eigenvalue weighted by Crippen LogP contribution is 2.18. The van der Waals surface area contributed by atoms with Gasteiger partial charge in [-0.15, -0.1) is 0 Å². The van der Waals surface area contributed by atoms with Crippen LogP contribution in [0.4, 0.5) is 0 Å². The SMILES string of the molecule is CC(C)NCC1CCN(CC(C)N2CCCCC2)C1. The van der Waals surface area contributed by atoms with Crippen LogP contribution < -0.4 is 5.32 Å². The summed E-state index contributed by atoms with van der Waals surface area (Å²) < 4.78 is 0. The number of nitrogens with zero attached hydrogens (tertiary/aromatic N) is 2. The summed E-state index contributed by atoms with van der Waals surface area (Å²) in [5.41, 5.74) is 0. The van der Waals surface area contributed by atoms with E-state index in [4.69, 9.17) is 0 Å². The maximum absolute atomic E-state index is 3.59. The number of nitrogens with one attached hydrogen (secondary N) is 1. The van der Waals surface area contributed by atoms with Gasteiger partial charge < -0.3 is 10.2 Å². The molecule has 0 saturated carbocycles. The van der Waals surface area contributed by atoms with E-state index >= 15 is 0 Å². The summed E-state index contributed by atoms with van der Waals surface area (Å²) in [6.45, 7) is 14.6. The average molecular weight is 267 g/mol. The summed E-state index contributed by atoms with van der Waals surface area (Å²) in [4.78, 5) is 5.38. The Morgan fingerprint density at radius 1 is 1.05 bits per heavy atom. The maximum Gasteiger partial charge on any atom is 0.0194 e. The quantitative estimate of drug-likeness (QED) is 0.796. The summed E-state index contributed by atoms with van der Waals surface area (Å²) in [5, 5.41) is 3.59. The molecule has 0 amide bonds. The van der Waals surface area contributed by atoms with Crippen molar-refractivity contribution in [3.63, 3.8) is 0 Å². The van der Waals surface area contributed by atoms with Crippen molar-refractivity contribution < 1.29 is 0 Å². The third kappa shape index (κ3) is 5.05. The zero-order valence-corrected chi connectivity index (χ0v) is 13.2. The first-order chi connectivity index (χ1) is 9.15. The molecule has 0 aromatic rings. The Bertz CT molecular complexity index is 248. The van der Waals surface area contributed by atoms with Crippen molar-refractivity contribution >= 4 is 0 Å². The molecule has 0 aliphatic carbocycles. The highest BCUT2D eigenvalue weighted by atomic mass is 15.2. The summed E-state index contributed by atoms with van der Waals surface area (Å²) in [7, 11) is 0. The van der Waals surface area contributed by atoms with Crippen molar-refractivity contribution in [2.75, 3.05) is 39.3 Å². The second-order valence-corrected chi connectivity index (χ2v) is 6.92. The van der Waals surface area contributed by atoms with Crippen LogP contribution >= 0.6 is 0 Å². The van der Waals surface area contributed by atoms with E-state index in [1.165, 1.54) is 65.0 Å². The molecule has 2 atom stereocenters. The smallest absolute Gasteiger partial charge is 0.0194 e. The van der Waals surface area contributed by atoms with Gasteiger partial charge in [0.25, 0.3) is 0 Å². The van der Waals surface area contributed by atoms with Crippen molar-refractivity contribution in [3.05, 3.63) is 0 Å². The number of rotatable bonds is 6. The van der Waals surface area contributed by atoms with Gasteiger partial charge in [-0.1, -0.05) is 20.3 Å². The Morgan fingerprint density at radius 2 is 1.79 bits per heavy atom. The van der Waals surface area contributed by atoms with Crippen molar-refractivity contribution in [1.29, 1.82) is 0 Å². The van der Waals surface area contributed by atoms with Gasteiger partial charge in [0.05, 0.1) is 0 Å². The molecule has 3 nitrogen and oxygen atoms in total. The van der Waals surface area contributed by atoms with Crippen LogP contribution in [0.3, 0.4) is 0 Å². The van der Waals surface area contributed by atoms with Crippen molar-refractivity contribution in [1.82, 2.24) is 15.1 Å². The van der Waals surface area contributed by atoms with Gasteiger partial charge in [0.2, 0.25) is 0 Å². The van der Waals surface area contributed by atoms with Gasteiger partial charge in [-0.2, -0.15) is 0 Å². The van der Waals surface area contributed by atoms with E-state index in [2.05, 4.69) is 35.9 Å². The first-order valence-electron chi connectivity index (χ1n) is 8.35. The molecule has 0 aromatic carbocycles. The standard InChI is InChI=1S/C16H33N3/c1-14(2)17-11-16-7-10-18(13-16)12-15(3)19-8-5-4-6-9-19/h14-17H,4-13H2,1-3H3. The second kappa shape index (κ2) is 7.61. The molecule has 112 valence electrons. The number of piperidine rings is 1. The largest absolute Gasteiger partial charge is 0.314 e. The minimum absolute atomic E-state index is 0.626. The van der Waals surface area contributed by atoms with Crippen molar-refractivity contribution in [3.8, 4) is 0 Å². The van der Waals surface area contributed by atoms with Gasteiger partial charge in [0.1, 0.15) is 0 Å². The number of hydrogen-bond donors (Lipinski definition) is 1. The van der Waals surface area contributed by atoms with Crippen LogP contribution in [0.2, 0.25) is 0 Å². The Morgan fingerprint density at radius 3 is 2.47 bits per heavy atom. The van der Waals surface area contributed by atoms with Gasteiger partial charge in [-0.3, -0.25) is 4.90 Å². The topological polar surface area (TPSA) is 18.5 Å². The minimum atomic E-state index is 0.626. The van der Waals surface area contributed by atoms with Gasteiger partial charge >= 0.3 is 0 Å². The monoisotopic (exact) mass is 267 g/mol. The fourth-order valence-corrected chi connectivity index (χ4v) is 3.50. The fraction of sp³-hybridized carbons (Fsp3) is 1.00. The molecule has 2 unspecified atom stereocenters. The van der Waals surface area contributed by atoms with Crippen LogP contribution in [0, 0.1) is 5.92 Å². The molecule has 2 aliphatic rings. The molecule has 1 N–H and O–H groups in total. The molecule has 2 saturated heterocycles. The highest BCUT2D eigenvalue weighted by molar-refractivity contribution is 4.81. The minimum Gasteiger partial charge on any atom is -0.314 e. The second-order valence-electron chi connectivity index (χ2n) is 6.92. The Kier molecular flexibility index (Phi) is 6.11. The van der Waals surface area contributed by atoms with Gasteiger partial charge in [0, 0.05) is 25.2 Å². The lowest BCUT2D eigenvalue weighted by Crippen LogP contribution is -2.44. The third-order valence-corrected chi connectivity index (χ3v) is 4.72. The average Bonchev–Trinajstić information content (AvgIpc) is 2.85. The molecule has 0 radical (unpaired) electrons. The summed E-state index contributed by atoms with van der Waals surface area (Å²) >= 11 is 0. The highest BCUT2D eigenvalue weighted by Gasteiger charge is 2.25. The predicted octanol–water partition coefficient (Wildman–Crippen LogP) is 2.18. The van der Waals surface area contributed by atoms with E-state index in [1.807, 2.05) is 0 Å². The van der Waals surface area contributed by atoms with E-state index in [0.717, 1.165) is 12.0 Å².